The third-order valence-corrected chi connectivity index (χ3v) is 2.99. The van der Waals surface area contributed by atoms with Crippen molar-refractivity contribution in [2.45, 2.75) is 47.1 Å². The van der Waals surface area contributed by atoms with Crippen molar-refractivity contribution in [3.63, 3.8) is 0 Å². The first-order valence-electron chi connectivity index (χ1n) is 6.88. The molecule has 0 fully saturated rings. The predicted molar refractivity (Wildman–Crippen MR) is 75.2 cm³/mol. The van der Waals surface area contributed by atoms with Crippen LogP contribution in [0.15, 0.2) is 0 Å². The van der Waals surface area contributed by atoms with E-state index in [0.29, 0.717) is 18.4 Å². The zero-order valence-corrected chi connectivity index (χ0v) is 12.6. The summed E-state index contributed by atoms with van der Waals surface area (Å²) in [7, 11) is 0. The largest absolute Gasteiger partial charge is 0.380 e. The fourth-order valence-electron chi connectivity index (χ4n) is 2.00. The molecule has 1 atom stereocenters. The van der Waals surface area contributed by atoms with Crippen LogP contribution in [-0.2, 0) is 4.74 Å². The van der Waals surface area contributed by atoms with Crippen molar-refractivity contribution in [1.29, 1.82) is 0 Å². The average molecular weight is 244 g/mol. The van der Waals surface area contributed by atoms with E-state index in [4.69, 9.17) is 10.5 Å². The summed E-state index contributed by atoms with van der Waals surface area (Å²) in [4.78, 5) is 2.50. The van der Waals surface area contributed by atoms with E-state index in [2.05, 4.69) is 39.5 Å². The lowest BCUT2D eigenvalue weighted by molar-refractivity contribution is -0.00130. The lowest BCUT2D eigenvalue weighted by Crippen LogP contribution is -2.56. The summed E-state index contributed by atoms with van der Waals surface area (Å²) in [6.45, 7) is 17.6. The molecular weight excluding hydrogens is 212 g/mol. The molecule has 0 radical (unpaired) electrons. The molecule has 0 rings (SSSR count). The topological polar surface area (TPSA) is 38.5 Å². The number of nitrogens with zero attached hydrogens (tertiary/aromatic N) is 1. The van der Waals surface area contributed by atoms with E-state index < -0.39 is 0 Å². The van der Waals surface area contributed by atoms with E-state index in [1.165, 1.54) is 0 Å². The Labute approximate surface area is 108 Å². The number of hydrogen-bond acceptors (Lipinski definition) is 3. The number of nitrogens with two attached hydrogens (primary N) is 1. The van der Waals surface area contributed by atoms with Crippen molar-refractivity contribution < 1.29 is 4.74 Å². The van der Waals surface area contributed by atoms with Gasteiger partial charge in [-0.3, -0.25) is 4.90 Å². The van der Waals surface area contributed by atoms with Gasteiger partial charge in [0, 0.05) is 26.2 Å². The second kappa shape index (κ2) is 8.06. The van der Waals surface area contributed by atoms with Gasteiger partial charge in [0.25, 0.3) is 0 Å². The Kier molecular flexibility index (Phi) is 8.01. The van der Waals surface area contributed by atoms with Crippen LogP contribution in [0.4, 0.5) is 0 Å². The summed E-state index contributed by atoms with van der Waals surface area (Å²) in [5, 5.41) is 0. The van der Waals surface area contributed by atoms with Crippen LogP contribution in [0.2, 0.25) is 0 Å². The van der Waals surface area contributed by atoms with Gasteiger partial charge < -0.3 is 10.5 Å². The highest BCUT2D eigenvalue weighted by molar-refractivity contribution is 4.88. The van der Waals surface area contributed by atoms with Crippen LogP contribution < -0.4 is 5.73 Å². The molecule has 0 amide bonds. The van der Waals surface area contributed by atoms with Gasteiger partial charge in [0.15, 0.2) is 0 Å². The van der Waals surface area contributed by atoms with Crippen molar-refractivity contribution in [2.24, 2.45) is 17.6 Å². The smallest absolute Gasteiger partial charge is 0.0659 e. The molecule has 0 aliphatic carbocycles. The summed E-state index contributed by atoms with van der Waals surface area (Å²) in [5.41, 5.74) is 5.94. The van der Waals surface area contributed by atoms with E-state index >= 15 is 0 Å². The van der Waals surface area contributed by atoms with E-state index in [1.807, 2.05) is 6.92 Å². The second-order valence-electron chi connectivity index (χ2n) is 6.03. The van der Waals surface area contributed by atoms with E-state index in [0.717, 1.165) is 26.3 Å². The molecule has 0 bridgehead atoms. The van der Waals surface area contributed by atoms with Gasteiger partial charge in [-0.1, -0.05) is 27.7 Å². The maximum Gasteiger partial charge on any atom is 0.0659 e. The SMILES string of the molecule is CCOCC(C)(CN)N(CC(C)C)CC(C)C. The number of ether oxygens (including phenoxy) is 1. The fourth-order valence-corrected chi connectivity index (χ4v) is 2.00. The normalized spacial score (nSPS) is 15.9. The fraction of sp³-hybridized carbons (Fsp3) is 1.00. The first-order chi connectivity index (χ1) is 7.85. The van der Waals surface area contributed by atoms with Gasteiger partial charge in [0.1, 0.15) is 0 Å². The maximum atomic E-state index is 5.98. The Bertz CT molecular complexity index is 185. The van der Waals surface area contributed by atoms with Gasteiger partial charge in [0.05, 0.1) is 12.1 Å². The van der Waals surface area contributed by atoms with Crippen LogP contribution in [0.25, 0.3) is 0 Å². The Morgan fingerprint density at radius 2 is 1.59 bits per heavy atom. The number of rotatable bonds is 9. The molecule has 17 heavy (non-hydrogen) atoms. The van der Waals surface area contributed by atoms with Crippen LogP contribution in [0, 0.1) is 11.8 Å². The first kappa shape index (κ1) is 16.9. The average Bonchev–Trinajstić information content (AvgIpc) is 2.23. The molecule has 0 aliphatic heterocycles. The Morgan fingerprint density at radius 3 is 1.88 bits per heavy atom. The van der Waals surface area contributed by atoms with E-state index in [-0.39, 0.29) is 5.54 Å². The molecule has 0 aromatic carbocycles. The van der Waals surface area contributed by atoms with Crippen LogP contribution in [0.1, 0.15) is 41.5 Å². The lowest BCUT2D eigenvalue weighted by atomic mass is 9.97. The van der Waals surface area contributed by atoms with Crippen molar-refractivity contribution in [2.75, 3.05) is 32.8 Å². The summed E-state index contributed by atoms with van der Waals surface area (Å²) >= 11 is 0. The highest BCUT2D eigenvalue weighted by Gasteiger charge is 2.31. The minimum atomic E-state index is -0.0372. The maximum absolute atomic E-state index is 5.98. The van der Waals surface area contributed by atoms with Crippen molar-refractivity contribution in [3.05, 3.63) is 0 Å². The summed E-state index contributed by atoms with van der Waals surface area (Å²) < 4.78 is 5.61. The third-order valence-electron chi connectivity index (χ3n) is 2.99. The molecule has 0 aromatic rings. The highest BCUT2D eigenvalue weighted by Crippen LogP contribution is 2.18. The lowest BCUT2D eigenvalue weighted by Gasteiger charge is -2.42. The Morgan fingerprint density at radius 1 is 1.12 bits per heavy atom. The standard InChI is InChI=1S/C14H32N2O/c1-7-17-11-14(6,10-15)16(8-12(2)3)9-13(4)5/h12-13H,7-11,15H2,1-6H3. The minimum Gasteiger partial charge on any atom is -0.380 e. The summed E-state index contributed by atoms with van der Waals surface area (Å²) in [6.07, 6.45) is 0. The van der Waals surface area contributed by atoms with Crippen molar-refractivity contribution >= 4 is 0 Å². The van der Waals surface area contributed by atoms with Crippen molar-refractivity contribution in [1.82, 2.24) is 4.90 Å². The molecule has 104 valence electrons. The van der Waals surface area contributed by atoms with E-state index in [1.54, 1.807) is 0 Å². The highest BCUT2D eigenvalue weighted by atomic mass is 16.5. The molecule has 1 unspecified atom stereocenters. The van der Waals surface area contributed by atoms with Crippen LogP contribution in [0.5, 0.6) is 0 Å². The molecule has 3 nitrogen and oxygen atoms in total. The molecule has 3 heteroatoms. The quantitative estimate of drug-likeness (QED) is 0.676. The van der Waals surface area contributed by atoms with E-state index in [9.17, 15) is 0 Å². The van der Waals surface area contributed by atoms with Gasteiger partial charge in [-0.25, -0.2) is 0 Å². The van der Waals surface area contributed by atoms with Gasteiger partial charge in [-0.2, -0.15) is 0 Å². The van der Waals surface area contributed by atoms with Gasteiger partial charge in [0.2, 0.25) is 0 Å². The molecule has 0 spiro atoms. The summed E-state index contributed by atoms with van der Waals surface area (Å²) in [5.74, 6) is 1.31. The van der Waals surface area contributed by atoms with Crippen molar-refractivity contribution in [3.8, 4) is 0 Å². The molecular formula is C14H32N2O. The van der Waals surface area contributed by atoms with Gasteiger partial charge in [-0.05, 0) is 25.7 Å². The van der Waals surface area contributed by atoms with Crippen LogP contribution >= 0.6 is 0 Å². The van der Waals surface area contributed by atoms with Crippen LogP contribution in [0.3, 0.4) is 0 Å². The minimum absolute atomic E-state index is 0.0372. The zero-order chi connectivity index (χ0) is 13.5. The summed E-state index contributed by atoms with van der Waals surface area (Å²) in [6, 6.07) is 0. The first-order valence-corrected chi connectivity index (χ1v) is 6.88. The molecule has 2 N–H and O–H groups in total. The molecule has 0 aromatic heterocycles. The monoisotopic (exact) mass is 244 g/mol. The zero-order valence-electron chi connectivity index (χ0n) is 12.6. The molecule has 0 heterocycles. The van der Waals surface area contributed by atoms with Crippen LogP contribution in [-0.4, -0.2) is 43.3 Å². The molecule has 0 saturated heterocycles. The Hall–Kier alpha value is -0.120. The van der Waals surface area contributed by atoms with Gasteiger partial charge in [-0.15, -0.1) is 0 Å². The van der Waals surface area contributed by atoms with Gasteiger partial charge >= 0.3 is 0 Å². The molecule has 0 aliphatic rings. The molecule has 0 saturated carbocycles. The predicted octanol–water partition coefficient (Wildman–Crippen LogP) is 2.35. The third kappa shape index (κ3) is 6.39. The number of hydrogen-bond donors (Lipinski definition) is 1. The second-order valence-corrected chi connectivity index (χ2v) is 6.03. The Balaban J connectivity index is 4.68.